The minimum Gasteiger partial charge on any atom is -0.381 e. The first kappa shape index (κ1) is 13.8. The maximum atomic E-state index is 3.80. The maximum Gasteiger partial charge on any atom is 0.0403 e. The first-order valence-electron chi connectivity index (χ1n) is 7.05. The normalized spacial score (nSPS) is 22.7. The molecule has 0 aliphatic carbocycles. The van der Waals surface area contributed by atoms with E-state index in [0.29, 0.717) is 11.5 Å². The second kappa shape index (κ2) is 6.01. The van der Waals surface area contributed by atoms with Gasteiger partial charge in [0, 0.05) is 17.5 Å². The van der Waals surface area contributed by atoms with Gasteiger partial charge in [0.15, 0.2) is 0 Å². The highest BCUT2D eigenvalue weighted by molar-refractivity contribution is 7.99. The van der Waals surface area contributed by atoms with E-state index in [1.165, 1.54) is 42.0 Å². The zero-order valence-electron chi connectivity index (χ0n) is 11.8. The summed E-state index contributed by atoms with van der Waals surface area (Å²) >= 11 is 2.08. The van der Waals surface area contributed by atoms with Crippen molar-refractivity contribution in [1.29, 1.82) is 0 Å². The Bertz CT molecular complexity index is 386. The first-order chi connectivity index (χ1) is 8.63. The molecule has 1 atom stereocenters. The molecule has 0 aromatic heterocycles. The number of nitrogens with one attached hydrogen (secondary N) is 1. The topological polar surface area (TPSA) is 12.0 Å². The van der Waals surface area contributed by atoms with E-state index in [4.69, 9.17) is 0 Å². The van der Waals surface area contributed by atoms with Crippen LogP contribution >= 0.6 is 11.8 Å². The monoisotopic (exact) mass is 263 g/mol. The van der Waals surface area contributed by atoms with E-state index in [2.05, 4.69) is 62.1 Å². The Morgan fingerprint density at radius 1 is 1.33 bits per heavy atom. The summed E-state index contributed by atoms with van der Waals surface area (Å²) in [4.78, 5) is 0. The molecule has 0 bridgehead atoms. The molecular weight excluding hydrogens is 238 g/mol. The maximum absolute atomic E-state index is 3.80. The Balaban J connectivity index is 2.12. The molecule has 1 N–H and O–H groups in total. The molecule has 1 aliphatic heterocycles. The molecule has 1 unspecified atom stereocenters. The Hall–Kier alpha value is -0.630. The van der Waals surface area contributed by atoms with Gasteiger partial charge in [-0.2, -0.15) is 11.8 Å². The summed E-state index contributed by atoms with van der Waals surface area (Å²) in [7, 11) is 0. The Kier molecular flexibility index (Phi) is 4.60. The molecule has 1 heterocycles. The van der Waals surface area contributed by atoms with Gasteiger partial charge in [0.25, 0.3) is 0 Å². The van der Waals surface area contributed by atoms with Crippen LogP contribution in [0.5, 0.6) is 0 Å². The summed E-state index contributed by atoms with van der Waals surface area (Å²) in [6, 6.07) is 9.38. The fourth-order valence-corrected chi connectivity index (χ4v) is 4.12. The number of anilines is 1. The number of benzene rings is 1. The predicted octanol–water partition coefficient (Wildman–Crippen LogP) is 4.58. The second-order valence-corrected chi connectivity index (χ2v) is 7.07. The van der Waals surface area contributed by atoms with E-state index < -0.39 is 0 Å². The smallest absolute Gasteiger partial charge is 0.0403 e. The minimum atomic E-state index is 0.407. The van der Waals surface area contributed by atoms with Crippen LogP contribution in [-0.4, -0.2) is 17.5 Å². The molecule has 18 heavy (non-hydrogen) atoms. The summed E-state index contributed by atoms with van der Waals surface area (Å²) in [6.07, 6.45) is 3.69. The lowest BCUT2D eigenvalue weighted by Gasteiger charge is -2.39. The van der Waals surface area contributed by atoms with Crippen molar-refractivity contribution in [1.82, 2.24) is 0 Å². The number of hydrogen-bond acceptors (Lipinski definition) is 2. The summed E-state index contributed by atoms with van der Waals surface area (Å²) in [6.45, 7) is 7.04. The standard InChI is InChI=1S/C16H25NS/c1-4-7-13-8-5-6-9-14(13)17-15-12-18-11-10-16(15,2)3/h5-6,8-9,15,17H,4,7,10-12H2,1-3H3. The van der Waals surface area contributed by atoms with Crippen LogP contribution in [0.3, 0.4) is 0 Å². The van der Waals surface area contributed by atoms with Crippen molar-refractivity contribution in [2.24, 2.45) is 5.41 Å². The highest BCUT2D eigenvalue weighted by Gasteiger charge is 2.32. The van der Waals surface area contributed by atoms with Gasteiger partial charge in [0.2, 0.25) is 0 Å². The quantitative estimate of drug-likeness (QED) is 0.853. The zero-order chi connectivity index (χ0) is 13.0. The van der Waals surface area contributed by atoms with Crippen LogP contribution in [0.15, 0.2) is 24.3 Å². The third kappa shape index (κ3) is 3.23. The molecule has 0 radical (unpaired) electrons. The van der Waals surface area contributed by atoms with Gasteiger partial charge in [-0.25, -0.2) is 0 Å². The molecule has 2 heteroatoms. The average Bonchev–Trinajstić information content (AvgIpc) is 2.34. The summed E-state index contributed by atoms with van der Waals surface area (Å²) in [5.74, 6) is 2.54. The predicted molar refractivity (Wildman–Crippen MR) is 83.6 cm³/mol. The van der Waals surface area contributed by atoms with E-state index in [1.807, 2.05) is 0 Å². The highest BCUT2D eigenvalue weighted by Crippen LogP contribution is 2.36. The zero-order valence-corrected chi connectivity index (χ0v) is 12.6. The van der Waals surface area contributed by atoms with Gasteiger partial charge in [-0.1, -0.05) is 45.4 Å². The lowest BCUT2D eigenvalue weighted by Crippen LogP contribution is -2.41. The summed E-state index contributed by atoms with van der Waals surface area (Å²) in [5, 5.41) is 3.80. The lowest BCUT2D eigenvalue weighted by molar-refractivity contribution is 0.305. The van der Waals surface area contributed by atoms with Crippen LogP contribution in [0.2, 0.25) is 0 Å². The molecule has 1 fully saturated rings. The van der Waals surface area contributed by atoms with E-state index in [9.17, 15) is 0 Å². The molecule has 1 aromatic carbocycles. The van der Waals surface area contributed by atoms with Crippen molar-refractivity contribution < 1.29 is 0 Å². The molecule has 1 saturated heterocycles. The highest BCUT2D eigenvalue weighted by atomic mass is 32.2. The molecule has 0 saturated carbocycles. The molecule has 2 rings (SSSR count). The van der Waals surface area contributed by atoms with E-state index in [1.54, 1.807) is 0 Å². The SMILES string of the molecule is CCCc1ccccc1NC1CSCCC1(C)C. The number of hydrogen-bond donors (Lipinski definition) is 1. The van der Waals surface area contributed by atoms with Crippen LogP contribution in [0.25, 0.3) is 0 Å². The first-order valence-corrected chi connectivity index (χ1v) is 8.21. The number of aryl methyl sites for hydroxylation is 1. The fraction of sp³-hybridized carbons (Fsp3) is 0.625. The van der Waals surface area contributed by atoms with Gasteiger partial charge < -0.3 is 5.32 Å². The Morgan fingerprint density at radius 2 is 2.11 bits per heavy atom. The van der Waals surface area contributed by atoms with Crippen LogP contribution in [0.4, 0.5) is 5.69 Å². The van der Waals surface area contributed by atoms with Crippen LogP contribution in [0.1, 0.15) is 39.2 Å². The van der Waals surface area contributed by atoms with Crippen molar-refractivity contribution in [2.75, 3.05) is 16.8 Å². The van der Waals surface area contributed by atoms with Gasteiger partial charge in [-0.05, 0) is 35.6 Å². The Labute approximate surface area is 116 Å². The van der Waals surface area contributed by atoms with Crippen LogP contribution in [0, 0.1) is 5.41 Å². The van der Waals surface area contributed by atoms with Crippen molar-refractivity contribution in [3.05, 3.63) is 29.8 Å². The Morgan fingerprint density at radius 3 is 2.83 bits per heavy atom. The van der Waals surface area contributed by atoms with Crippen molar-refractivity contribution in [2.45, 2.75) is 46.1 Å². The molecular formula is C16H25NS. The van der Waals surface area contributed by atoms with Crippen molar-refractivity contribution in [3.63, 3.8) is 0 Å². The van der Waals surface area contributed by atoms with Crippen molar-refractivity contribution >= 4 is 17.4 Å². The van der Waals surface area contributed by atoms with Crippen molar-refractivity contribution in [3.8, 4) is 0 Å². The van der Waals surface area contributed by atoms with Gasteiger partial charge in [0.05, 0.1) is 0 Å². The van der Waals surface area contributed by atoms with E-state index in [-0.39, 0.29) is 0 Å². The summed E-state index contributed by atoms with van der Waals surface area (Å²) in [5.41, 5.74) is 3.22. The van der Waals surface area contributed by atoms with Gasteiger partial charge >= 0.3 is 0 Å². The molecule has 0 amide bonds. The lowest BCUT2D eigenvalue weighted by atomic mass is 9.82. The van der Waals surface area contributed by atoms with E-state index >= 15 is 0 Å². The molecule has 1 aliphatic rings. The van der Waals surface area contributed by atoms with Crippen LogP contribution < -0.4 is 5.32 Å². The van der Waals surface area contributed by atoms with Gasteiger partial charge in [-0.15, -0.1) is 0 Å². The molecule has 1 nitrogen and oxygen atoms in total. The largest absolute Gasteiger partial charge is 0.381 e. The van der Waals surface area contributed by atoms with Gasteiger partial charge in [0.1, 0.15) is 0 Å². The van der Waals surface area contributed by atoms with Gasteiger partial charge in [-0.3, -0.25) is 0 Å². The van der Waals surface area contributed by atoms with E-state index in [0.717, 1.165) is 0 Å². The number of thioether (sulfide) groups is 1. The third-order valence-electron chi connectivity index (χ3n) is 3.99. The van der Waals surface area contributed by atoms with Crippen LogP contribution in [-0.2, 0) is 6.42 Å². The second-order valence-electron chi connectivity index (χ2n) is 5.92. The molecule has 0 spiro atoms. The minimum absolute atomic E-state index is 0.407. The third-order valence-corrected chi connectivity index (χ3v) is 5.05. The molecule has 1 aromatic rings. The summed E-state index contributed by atoms with van der Waals surface area (Å²) < 4.78 is 0. The number of para-hydroxylation sites is 1. The molecule has 100 valence electrons. The average molecular weight is 263 g/mol. The number of rotatable bonds is 4. The fourth-order valence-electron chi connectivity index (χ4n) is 2.51.